The topological polar surface area (TPSA) is 112 Å². The molecule has 7 nitrogen and oxygen atoms in total. The third-order valence-electron chi connectivity index (χ3n) is 2.51. The van der Waals surface area contributed by atoms with E-state index in [0.29, 0.717) is 5.82 Å². The van der Waals surface area contributed by atoms with Gasteiger partial charge in [0.25, 0.3) is 0 Å². The van der Waals surface area contributed by atoms with Crippen molar-refractivity contribution in [1.29, 1.82) is 5.26 Å². The summed E-state index contributed by atoms with van der Waals surface area (Å²) in [5, 5.41) is 31.5. The van der Waals surface area contributed by atoms with Crippen LogP contribution in [-0.4, -0.2) is 27.7 Å². The van der Waals surface area contributed by atoms with Gasteiger partial charge >= 0.3 is 5.69 Å². The molecule has 0 bridgehead atoms. The van der Waals surface area contributed by atoms with Crippen molar-refractivity contribution in [2.45, 2.75) is 19.9 Å². The van der Waals surface area contributed by atoms with Gasteiger partial charge in [-0.25, -0.2) is 4.98 Å². The molecule has 96 valence electrons. The molecule has 1 heterocycles. The number of nitrogens with one attached hydrogen (secondary N) is 1. The van der Waals surface area contributed by atoms with Crippen LogP contribution in [0.4, 0.5) is 11.5 Å². The molecule has 0 amide bonds. The smallest absolute Gasteiger partial charge is 0.305 e. The molecule has 0 saturated heterocycles. The summed E-state index contributed by atoms with van der Waals surface area (Å²) < 4.78 is 0. The zero-order valence-corrected chi connectivity index (χ0v) is 10.1. The van der Waals surface area contributed by atoms with Crippen LogP contribution in [0.25, 0.3) is 0 Å². The predicted molar refractivity (Wildman–Crippen MR) is 64.9 cm³/mol. The lowest BCUT2D eigenvalue weighted by atomic mass is 10.1. The van der Waals surface area contributed by atoms with Crippen molar-refractivity contribution >= 4 is 11.5 Å². The second-order valence-corrected chi connectivity index (χ2v) is 4.11. The van der Waals surface area contributed by atoms with E-state index in [9.17, 15) is 10.1 Å². The van der Waals surface area contributed by atoms with Gasteiger partial charge in [-0.15, -0.1) is 0 Å². The lowest BCUT2D eigenvalue weighted by Gasteiger charge is -2.20. The molecule has 0 radical (unpaired) electrons. The lowest BCUT2D eigenvalue weighted by molar-refractivity contribution is -0.385. The molecule has 1 unspecified atom stereocenters. The summed E-state index contributed by atoms with van der Waals surface area (Å²) in [7, 11) is 0. The standard InChI is InChI=1S/C11H14N4O3/c1-7(2)9(6-16)14-11-4-3-10(15(17)18)8(5-12)13-11/h3-4,7,9,16H,6H2,1-2H3,(H,13,14). The van der Waals surface area contributed by atoms with E-state index in [4.69, 9.17) is 10.4 Å². The van der Waals surface area contributed by atoms with E-state index in [1.165, 1.54) is 12.1 Å². The minimum Gasteiger partial charge on any atom is -0.394 e. The van der Waals surface area contributed by atoms with Crippen LogP contribution >= 0.6 is 0 Å². The number of aliphatic hydroxyl groups is 1. The van der Waals surface area contributed by atoms with Crippen LogP contribution in [0.2, 0.25) is 0 Å². The third kappa shape index (κ3) is 3.15. The molecule has 1 atom stereocenters. The average Bonchev–Trinajstić information content (AvgIpc) is 2.34. The summed E-state index contributed by atoms with van der Waals surface area (Å²) in [6.07, 6.45) is 0. The van der Waals surface area contributed by atoms with E-state index in [-0.39, 0.29) is 29.9 Å². The number of aromatic nitrogens is 1. The zero-order chi connectivity index (χ0) is 13.7. The van der Waals surface area contributed by atoms with Gasteiger partial charge in [-0.05, 0) is 12.0 Å². The van der Waals surface area contributed by atoms with Gasteiger partial charge in [0.05, 0.1) is 17.6 Å². The Morgan fingerprint density at radius 2 is 2.28 bits per heavy atom. The van der Waals surface area contributed by atoms with Crippen LogP contribution in [0.5, 0.6) is 0 Å². The number of pyridine rings is 1. The Hall–Kier alpha value is -2.20. The summed E-state index contributed by atoms with van der Waals surface area (Å²) in [6.45, 7) is 3.76. The van der Waals surface area contributed by atoms with Crippen LogP contribution in [-0.2, 0) is 0 Å². The quantitative estimate of drug-likeness (QED) is 0.601. The van der Waals surface area contributed by atoms with Gasteiger partial charge in [0.15, 0.2) is 0 Å². The van der Waals surface area contributed by atoms with Gasteiger partial charge in [-0.3, -0.25) is 10.1 Å². The molecular weight excluding hydrogens is 236 g/mol. The number of aliphatic hydroxyl groups excluding tert-OH is 1. The van der Waals surface area contributed by atoms with Gasteiger partial charge in [-0.1, -0.05) is 13.8 Å². The molecule has 0 aliphatic carbocycles. The van der Waals surface area contributed by atoms with Crippen molar-refractivity contribution in [2.24, 2.45) is 5.92 Å². The Bertz CT molecular complexity index is 482. The molecule has 1 rings (SSSR count). The van der Waals surface area contributed by atoms with E-state index < -0.39 is 4.92 Å². The molecule has 18 heavy (non-hydrogen) atoms. The van der Waals surface area contributed by atoms with Gasteiger partial charge < -0.3 is 10.4 Å². The molecular formula is C11H14N4O3. The first-order chi connectivity index (χ1) is 8.49. The maximum atomic E-state index is 10.6. The first kappa shape index (κ1) is 13.9. The summed E-state index contributed by atoms with van der Waals surface area (Å²) in [6, 6.07) is 4.11. The molecule has 0 aliphatic heterocycles. The Kier molecular flexibility index (Phi) is 4.57. The second kappa shape index (κ2) is 5.93. The lowest BCUT2D eigenvalue weighted by Crippen LogP contribution is -2.29. The van der Waals surface area contributed by atoms with Gasteiger partial charge in [0.1, 0.15) is 11.9 Å². The van der Waals surface area contributed by atoms with Crippen LogP contribution in [0.15, 0.2) is 12.1 Å². The van der Waals surface area contributed by atoms with Crippen LogP contribution < -0.4 is 5.32 Å². The monoisotopic (exact) mass is 250 g/mol. The van der Waals surface area contributed by atoms with Gasteiger partial charge in [0.2, 0.25) is 5.69 Å². The summed E-state index contributed by atoms with van der Waals surface area (Å²) in [5.74, 6) is 0.502. The number of nitrogens with zero attached hydrogens (tertiary/aromatic N) is 3. The highest BCUT2D eigenvalue weighted by molar-refractivity contribution is 5.50. The highest BCUT2D eigenvalue weighted by Gasteiger charge is 2.18. The average molecular weight is 250 g/mol. The van der Waals surface area contributed by atoms with Crippen molar-refractivity contribution in [3.63, 3.8) is 0 Å². The number of nitriles is 1. The van der Waals surface area contributed by atoms with E-state index in [1.54, 1.807) is 6.07 Å². The SMILES string of the molecule is CC(C)C(CO)Nc1ccc([N+](=O)[O-])c(C#N)n1. The van der Waals surface area contributed by atoms with Crippen molar-refractivity contribution in [3.05, 3.63) is 27.9 Å². The fourth-order valence-corrected chi connectivity index (χ4v) is 1.37. The van der Waals surface area contributed by atoms with E-state index in [0.717, 1.165) is 0 Å². The van der Waals surface area contributed by atoms with Gasteiger partial charge in [-0.2, -0.15) is 5.26 Å². The van der Waals surface area contributed by atoms with E-state index in [2.05, 4.69) is 10.3 Å². The second-order valence-electron chi connectivity index (χ2n) is 4.11. The molecule has 0 aromatic carbocycles. The Morgan fingerprint density at radius 1 is 1.61 bits per heavy atom. The molecule has 1 aromatic heterocycles. The van der Waals surface area contributed by atoms with E-state index >= 15 is 0 Å². The summed E-state index contributed by atoms with van der Waals surface area (Å²) >= 11 is 0. The maximum Gasteiger partial charge on any atom is 0.305 e. The van der Waals surface area contributed by atoms with Crippen LogP contribution in [0, 0.1) is 27.4 Å². The molecule has 7 heteroatoms. The number of rotatable bonds is 5. The third-order valence-corrected chi connectivity index (χ3v) is 2.51. The minimum atomic E-state index is -0.651. The number of nitro groups is 1. The first-order valence-electron chi connectivity index (χ1n) is 5.42. The van der Waals surface area contributed by atoms with Crippen molar-refractivity contribution in [1.82, 2.24) is 4.98 Å². The minimum absolute atomic E-state index is 0.0851. The highest BCUT2D eigenvalue weighted by Crippen LogP contribution is 2.19. The Morgan fingerprint density at radius 3 is 2.72 bits per heavy atom. The van der Waals surface area contributed by atoms with Crippen molar-refractivity contribution in [2.75, 3.05) is 11.9 Å². The predicted octanol–water partition coefficient (Wildman–Crippen LogP) is 1.29. The van der Waals surface area contributed by atoms with Gasteiger partial charge in [0, 0.05) is 6.07 Å². The number of hydrogen-bond donors (Lipinski definition) is 2. The molecule has 0 aliphatic rings. The Balaban J connectivity index is 3.00. The van der Waals surface area contributed by atoms with Crippen LogP contribution in [0.1, 0.15) is 19.5 Å². The molecule has 0 spiro atoms. The van der Waals surface area contributed by atoms with Crippen molar-refractivity contribution in [3.8, 4) is 6.07 Å². The highest BCUT2D eigenvalue weighted by atomic mass is 16.6. The molecule has 0 saturated carbocycles. The maximum absolute atomic E-state index is 10.6. The first-order valence-corrected chi connectivity index (χ1v) is 5.42. The number of hydrogen-bond acceptors (Lipinski definition) is 6. The zero-order valence-electron chi connectivity index (χ0n) is 10.1. The number of anilines is 1. The van der Waals surface area contributed by atoms with Crippen LogP contribution in [0.3, 0.4) is 0 Å². The summed E-state index contributed by atoms with van der Waals surface area (Å²) in [5.41, 5.74) is -0.571. The van der Waals surface area contributed by atoms with Crippen molar-refractivity contribution < 1.29 is 10.0 Å². The Labute approximate surface area is 104 Å². The molecule has 0 fully saturated rings. The normalized spacial score (nSPS) is 11.9. The fraction of sp³-hybridized carbons (Fsp3) is 0.455. The summed E-state index contributed by atoms with van der Waals surface area (Å²) in [4.78, 5) is 13.8. The molecule has 2 N–H and O–H groups in total. The van der Waals surface area contributed by atoms with E-state index in [1.807, 2.05) is 13.8 Å². The fourth-order valence-electron chi connectivity index (χ4n) is 1.37. The largest absolute Gasteiger partial charge is 0.394 e. The molecule has 1 aromatic rings.